The zero-order chi connectivity index (χ0) is 40.9. The van der Waals surface area contributed by atoms with Gasteiger partial charge in [-0.3, -0.25) is 9.59 Å². The van der Waals surface area contributed by atoms with E-state index in [4.69, 9.17) is 14.7 Å². The maximum atomic E-state index is 13.9. The molecule has 0 radical (unpaired) electrons. The van der Waals surface area contributed by atoms with Crippen molar-refractivity contribution < 1.29 is 19.1 Å². The highest BCUT2D eigenvalue weighted by molar-refractivity contribution is 5.87. The number of carbonyl (C=O) groups is 3. The molecule has 0 aliphatic carbocycles. The smallest absolute Gasteiger partial charge is 0.407 e. The highest BCUT2D eigenvalue weighted by Gasteiger charge is 2.38. The zero-order valence-electron chi connectivity index (χ0n) is 33.3. The van der Waals surface area contributed by atoms with Crippen molar-refractivity contribution in [2.45, 2.75) is 63.7 Å². The fourth-order valence-electron chi connectivity index (χ4n) is 8.10. The maximum absolute atomic E-state index is 13.9. The number of anilines is 1. The number of methoxy groups -OCH3 is 1. The Balaban J connectivity index is 0.920. The van der Waals surface area contributed by atoms with Crippen molar-refractivity contribution in [2.75, 3.05) is 25.5 Å². The number of H-pyrrole nitrogens is 2. The van der Waals surface area contributed by atoms with Crippen LogP contribution in [0.1, 0.15) is 74.9 Å². The molecule has 2 fully saturated rings. The van der Waals surface area contributed by atoms with Crippen LogP contribution in [-0.2, 0) is 14.3 Å². The Hall–Kier alpha value is -6.83. The highest BCUT2D eigenvalue weighted by Crippen LogP contribution is 2.36. The third-order valence-electron chi connectivity index (χ3n) is 11.2. The lowest BCUT2D eigenvalue weighted by molar-refractivity contribution is -0.135. The Morgan fingerprint density at radius 2 is 1.19 bits per heavy atom. The molecule has 302 valence electrons. The van der Waals surface area contributed by atoms with Gasteiger partial charge >= 0.3 is 6.09 Å². The minimum Gasteiger partial charge on any atom is -0.453 e. The monoisotopic (exact) mass is 792 g/mol. The Bertz CT molecular complexity index is 2360. The summed E-state index contributed by atoms with van der Waals surface area (Å²) in [5.41, 5.74) is 6.55. The number of nitrogens with zero attached hydrogens (tertiary/aromatic N) is 6. The van der Waals surface area contributed by atoms with Gasteiger partial charge in [-0.1, -0.05) is 92.7 Å². The van der Waals surface area contributed by atoms with Gasteiger partial charge in [0.2, 0.25) is 11.9 Å². The van der Waals surface area contributed by atoms with Gasteiger partial charge in [-0.15, -0.1) is 0 Å². The molecule has 59 heavy (non-hydrogen) atoms. The van der Waals surface area contributed by atoms with E-state index in [2.05, 4.69) is 79.1 Å². The van der Waals surface area contributed by atoms with Gasteiger partial charge in [0.15, 0.2) is 0 Å². The first-order valence-corrected chi connectivity index (χ1v) is 20.1. The largest absolute Gasteiger partial charge is 0.453 e. The molecule has 4 N–H and O–H groups in total. The number of hydrogen-bond donors (Lipinski definition) is 4. The molecule has 5 heterocycles. The Morgan fingerprint density at radius 3 is 1.69 bits per heavy atom. The summed E-state index contributed by atoms with van der Waals surface area (Å²) >= 11 is 0. The lowest BCUT2D eigenvalue weighted by Crippen LogP contribution is -2.45. The van der Waals surface area contributed by atoms with Crippen LogP contribution in [0.25, 0.3) is 33.6 Å². The molecule has 8 rings (SSSR count). The molecule has 2 aliphatic rings. The molecule has 2 saturated heterocycles. The number of alkyl carbamates (subject to hydrolysis) is 1. The molecule has 14 nitrogen and oxygen atoms in total. The molecule has 0 spiro atoms. The molecule has 0 unspecified atom stereocenters. The molecule has 0 saturated carbocycles. The number of likely N-dealkylation sites (tertiary alicyclic amines) is 2. The second-order valence-electron chi connectivity index (χ2n) is 15.3. The molecule has 3 aromatic heterocycles. The topological polar surface area (TPSA) is 174 Å². The number of aromatic nitrogens is 6. The SMILES string of the molecule is COC(=O)N[C@@H](C(=O)N1CCC[C@H]1c1ncc(-c2ccc(-c3ccc(-c4cnc([C@@H]5CCCN5C(=O)[C@@H](Nc5ncccn5)C(C)C)[nH]4)cc3)cc2)[nH]1)c1ccccc1. The minimum absolute atomic E-state index is 0.0206. The summed E-state index contributed by atoms with van der Waals surface area (Å²) in [5.74, 6) is 1.78. The molecule has 3 aromatic carbocycles. The summed E-state index contributed by atoms with van der Waals surface area (Å²) in [6.45, 7) is 5.28. The fourth-order valence-corrected chi connectivity index (χ4v) is 8.10. The molecule has 2 aliphatic heterocycles. The predicted molar refractivity (Wildman–Crippen MR) is 223 cm³/mol. The average Bonchev–Trinajstić information content (AvgIpc) is 4.12. The van der Waals surface area contributed by atoms with Gasteiger partial charge in [0.25, 0.3) is 5.91 Å². The van der Waals surface area contributed by atoms with Crippen molar-refractivity contribution in [1.82, 2.24) is 45.0 Å². The maximum Gasteiger partial charge on any atom is 0.407 e. The Morgan fingerprint density at radius 1 is 0.678 bits per heavy atom. The second-order valence-corrected chi connectivity index (χ2v) is 15.3. The zero-order valence-corrected chi connectivity index (χ0v) is 33.3. The fraction of sp³-hybridized carbons (Fsp3) is 0.311. The minimum atomic E-state index is -0.875. The number of aromatic amines is 2. The summed E-state index contributed by atoms with van der Waals surface area (Å²) in [4.78, 5) is 68.6. The number of amides is 3. The molecule has 6 aromatic rings. The lowest BCUT2D eigenvalue weighted by Gasteiger charge is -2.30. The van der Waals surface area contributed by atoms with E-state index < -0.39 is 18.2 Å². The van der Waals surface area contributed by atoms with Crippen LogP contribution >= 0.6 is 0 Å². The summed E-state index contributed by atoms with van der Waals surface area (Å²) < 4.78 is 4.83. The first kappa shape index (κ1) is 39.0. The summed E-state index contributed by atoms with van der Waals surface area (Å²) in [6.07, 6.45) is 9.63. The Kier molecular flexibility index (Phi) is 11.5. The van der Waals surface area contributed by atoms with Crippen molar-refractivity contribution in [1.29, 1.82) is 0 Å². The summed E-state index contributed by atoms with van der Waals surface area (Å²) in [7, 11) is 1.28. The van der Waals surface area contributed by atoms with Crippen molar-refractivity contribution in [3.8, 4) is 33.6 Å². The number of nitrogens with one attached hydrogen (secondary N) is 4. The predicted octanol–water partition coefficient (Wildman–Crippen LogP) is 7.48. The van der Waals surface area contributed by atoms with Gasteiger partial charge in [-0.05, 0) is 65.5 Å². The van der Waals surface area contributed by atoms with Crippen molar-refractivity contribution in [2.24, 2.45) is 5.92 Å². The van der Waals surface area contributed by atoms with Gasteiger partial charge in [0.1, 0.15) is 23.7 Å². The van der Waals surface area contributed by atoms with E-state index in [0.717, 1.165) is 65.1 Å². The van der Waals surface area contributed by atoms with Crippen molar-refractivity contribution in [3.05, 3.63) is 127 Å². The lowest BCUT2D eigenvalue weighted by atomic mass is 10.0. The van der Waals surface area contributed by atoms with Crippen LogP contribution in [0, 0.1) is 5.92 Å². The summed E-state index contributed by atoms with van der Waals surface area (Å²) in [5, 5.41) is 5.96. The number of imidazole rings is 2. The van der Waals surface area contributed by atoms with E-state index in [9.17, 15) is 14.4 Å². The third-order valence-corrected chi connectivity index (χ3v) is 11.2. The number of ether oxygens (including phenoxy) is 1. The van der Waals surface area contributed by atoms with E-state index in [0.29, 0.717) is 30.4 Å². The van der Waals surface area contributed by atoms with E-state index in [1.165, 1.54) is 7.11 Å². The molecule has 4 atom stereocenters. The van der Waals surface area contributed by atoms with Gasteiger partial charge in [0.05, 0.1) is 43.0 Å². The van der Waals surface area contributed by atoms with Crippen LogP contribution in [-0.4, -0.2) is 83.9 Å². The van der Waals surface area contributed by atoms with Crippen LogP contribution < -0.4 is 10.6 Å². The van der Waals surface area contributed by atoms with Crippen LogP contribution in [0.3, 0.4) is 0 Å². The van der Waals surface area contributed by atoms with E-state index in [1.807, 2.05) is 55.3 Å². The third kappa shape index (κ3) is 8.43. The molecule has 0 bridgehead atoms. The standard InChI is InChI=1S/C45H48N10O4/c1-28(2)38(52-44-46-22-9-23-47-44)42(56)54-24-7-12-36(54)40-48-26-34(50-40)31-18-14-29(15-19-31)30-16-20-32(21-17-30)35-27-49-41(51-35)37-13-8-25-55(37)43(57)39(53-45(58)59-3)33-10-5-4-6-11-33/h4-6,9-11,14-23,26-28,36-39H,7-8,12-13,24-25H2,1-3H3,(H,48,50)(H,49,51)(H,53,58)(H,46,47,52)/t36-,37-,38-,39+/m0/s1. The van der Waals surface area contributed by atoms with Crippen LogP contribution in [0.15, 0.2) is 110 Å². The molecular weight excluding hydrogens is 745 g/mol. The molecule has 14 heteroatoms. The highest BCUT2D eigenvalue weighted by atomic mass is 16.5. The second kappa shape index (κ2) is 17.3. The van der Waals surface area contributed by atoms with Gasteiger partial charge in [0, 0.05) is 25.5 Å². The molecular formula is C45H48N10O4. The first-order valence-electron chi connectivity index (χ1n) is 20.1. The van der Waals surface area contributed by atoms with Gasteiger partial charge < -0.3 is 35.1 Å². The van der Waals surface area contributed by atoms with E-state index in [1.54, 1.807) is 29.6 Å². The van der Waals surface area contributed by atoms with Gasteiger partial charge in [-0.2, -0.15) is 0 Å². The van der Waals surface area contributed by atoms with Crippen LogP contribution in [0.5, 0.6) is 0 Å². The summed E-state index contributed by atoms with van der Waals surface area (Å²) in [6, 6.07) is 25.9. The van der Waals surface area contributed by atoms with Crippen molar-refractivity contribution in [3.63, 3.8) is 0 Å². The number of benzene rings is 3. The normalized spacial score (nSPS) is 17.5. The van der Waals surface area contributed by atoms with E-state index >= 15 is 0 Å². The number of hydrogen-bond acceptors (Lipinski definition) is 9. The Labute approximate surface area is 342 Å². The molecule has 3 amide bonds. The van der Waals surface area contributed by atoms with E-state index in [-0.39, 0.29) is 29.8 Å². The number of rotatable bonds is 12. The van der Waals surface area contributed by atoms with Crippen LogP contribution in [0.2, 0.25) is 0 Å². The average molecular weight is 793 g/mol. The van der Waals surface area contributed by atoms with Crippen molar-refractivity contribution >= 4 is 23.9 Å². The quantitative estimate of drug-likeness (QED) is 0.0980. The first-order chi connectivity index (χ1) is 28.8. The van der Waals surface area contributed by atoms with Crippen LogP contribution in [0.4, 0.5) is 10.7 Å². The number of carbonyl (C=O) groups excluding carboxylic acids is 3. The van der Waals surface area contributed by atoms with Gasteiger partial charge in [-0.25, -0.2) is 24.7 Å².